The van der Waals surface area contributed by atoms with Crippen molar-refractivity contribution < 1.29 is 14.3 Å². The van der Waals surface area contributed by atoms with E-state index >= 15 is 0 Å². The van der Waals surface area contributed by atoms with Crippen LogP contribution in [-0.4, -0.2) is 23.8 Å². The minimum absolute atomic E-state index is 0.204. The number of hydrogen-bond acceptors (Lipinski definition) is 6. The molecular weight excluding hydrogens is 448 g/mol. The number of benzene rings is 2. The number of ether oxygens (including phenoxy) is 2. The maximum absolute atomic E-state index is 13.5. The molecule has 1 aliphatic heterocycles. The number of hydrogen-bond donors (Lipinski definition) is 0. The van der Waals surface area contributed by atoms with Crippen LogP contribution in [0.25, 0.3) is 12.2 Å². The predicted octanol–water partition coefficient (Wildman–Crippen LogP) is 3.86. The first-order valence-corrected chi connectivity index (χ1v) is 11.8. The van der Waals surface area contributed by atoms with Crippen LogP contribution in [0, 0.1) is 0 Å². The Balaban J connectivity index is 1.85. The van der Waals surface area contributed by atoms with Crippen molar-refractivity contribution in [3.8, 4) is 5.75 Å². The highest BCUT2D eigenvalue weighted by molar-refractivity contribution is 7.07. The summed E-state index contributed by atoms with van der Waals surface area (Å²) in [6, 6.07) is 16.6. The Morgan fingerprint density at radius 3 is 2.47 bits per heavy atom. The second-order valence-electron chi connectivity index (χ2n) is 8.10. The van der Waals surface area contributed by atoms with E-state index in [-0.39, 0.29) is 11.7 Å². The first-order valence-electron chi connectivity index (χ1n) is 11.0. The number of nitrogens with zero attached hydrogens (tertiary/aromatic N) is 2. The largest absolute Gasteiger partial charge is 0.497 e. The summed E-state index contributed by atoms with van der Waals surface area (Å²) in [5, 5.41) is 0. The van der Waals surface area contributed by atoms with Gasteiger partial charge in [-0.25, -0.2) is 9.79 Å². The van der Waals surface area contributed by atoms with E-state index < -0.39 is 12.0 Å². The monoisotopic (exact) mass is 474 g/mol. The summed E-state index contributed by atoms with van der Waals surface area (Å²) in [4.78, 5) is 31.7. The number of carbonyl (C=O) groups excluding carboxylic acids is 1. The van der Waals surface area contributed by atoms with E-state index in [2.05, 4.69) is 4.99 Å². The van der Waals surface area contributed by atoms with Crippen LogP contribution < -0.4 is 19.6 Å². The molecule has 1 atom stereocenters. The van der Waals surface area contributed by atoms with Gasteiger partial charge in [-0.3, -0.25) is 9.36 Å². The molecule has 34 heavy (non-hydrogen) atoms. The average Bonchev–Trinajstić information content (AvgIpc) is 3.13. The summed E-state index contributed by atoms with van der Waals surface area (Å²) >= 11 is 1.30. The van der Waals surface area contributed by atoms with Gasteiger partial charge in [-0.05, 0) is 50.1 Å². The highest BCUT2D eigenvalue weighted by atomic mass is 32.1. The van der Waals surface area contributed by atoms with Gasteiger partial charge in [0, 0.05) is 0 Å². The first-order chi connectivity index (χ1) is 16.4. The Bertz CT molecular complexity index is 1430. The molecule has 4 rings (SSSR count). The minimum atomic E-state index is -0.645. The number of thiazole rings is 1. The van der Waals surface area contributed by atoms with Crippen molar-refractivity contribution in [2.45, 2.75) is 32.9 Å². The average molecular weight is 475 g/mol. The molecule has 1 unspecified atom stereocenters. The topological polar surface area (TPSA) is 69.9 Å². The number of esters is 1. The Morgan fingerprint density at radius 1 is 1.12 bits per heavy atom. The van der Waals surface area contributed by atoms with Gasteiger partial charge >= 0.3 is 5.97 Å². The second-order valence-corrected chi connectivity index (χ2v) is 9.11. The molecule has 0 fully saturated rings. The lowest BCUT2D eigenvalue weighted by molar-refractivity contribution is -0.143. The standard InChI is InChI=1S/C27H26N2O4S/c1-17(2)33-26(31)23-18(3)28-27-29(24(23)20-13-15-21(32-4)16-14-20)25(30)22(34-27)12-8-11-19-9-6-5-7-10-19/h5-17,24H,1-4H3. The van der Waals surface area contributed by atoms with Gasteiger partial charge in [0.2, 0.25) is 0 Å². The first kappa shape index (κ1) is 23.4. The molecule has 0 radical (unpaired) electrons. The summed E-state index contributed by atoms with van der Waals surface area (Å²) in [7, 11) is 1.59. The molecule has 0 N–H and O–H groups in total. The number of allylic oxidation sites excluding steroid dienone is 2. The van der Waals surface area contributed by atoms with Gasteiger partial charge in [-0.2, -0.15) is 0 Å². The molecule has 0 aliphatic carbocycles. The number of fused-ring (bicyclic) bond motifs is 1. The summed E-state index contributed by atoms with van der Waals surface area (Å²) in [6.45, 7) is 5.37. The fraction of sp³-hybridized carbons (Fsp3) is 0.222. The zero-order valence-electron chi connectivity index (χ0n) is 19.5. The third-order valence-corrected chi connectivity index (χ3v) is 6.35. The number of aromatic nitrogens is 1. The molecular formula is C27H26N2O4S. The predicted molar refractivity (Wildman–Crippen MR) is 134 cm³/mol. The SMILES string of the molecule is COc1ccc(C2C(C(=O)OC(C)C)=C(C)N=c3sc(=CC=Cc4ccccc4)c(=O)n32)cc1. The van der Waals surface area contributed by atoms with Gasteiger partial charge in [0.15, 0.2) is 4.80 Å². The Kier molecular flexibility index (Phi) is 6.93. The van der Waals surface area contributed by atoms with Crippen molar-refractivity contribution in [3.05, 3.63) is 103 Å². The molecule has 0 saturated carbocycles. The normalized spacial score (nSPS) is 16.0. The van der Waals surface area contributed by atoms with Crippen molar-refractivity contribution in [3.63, 3.8) is 0 Å². The molecule has 1 aromatic heterocycles. The third kappa shape index (κ3) is 4.79. The second kappa shape index (κ2) is 10.1. The summed E-state index contributed by atoms with van der Waals surface area (Å²) in [5.74, 6) is 0.213. The van der Waals surface area contributed by atoms with E-state index in [9.17, 15) is 9.59 Å². The zero-order chi connectivity index (χ0) is 24.2. The quantitative estimate of drug-likeness (QED) is 0.509. The van der Waals surface area contributed by atoms with Crippen LogP contribution >= 0.6 is 11.3 Å². The molecule has 7 heteroatoms. The van der Waals surface area contributed by atoms with Crippen LogP contribution in [0.15, 0.2) is 81.7 Å². The van der Waals surface area contributed by atoms with Crippen molar-refractivity contribution in [2.24, 2.45) is 4.99 Å². The zero-order valence-corrected chi connectivity index (χ0v) is 20.3. The Hall–Kier alpha value is -3.71. The van der Waals surface area contributed by atoms with Gasteiger partial charge in [0.1, 0.15) is 5.75 Å². The molecule has 2 aromatic carbocycles. The smallest absolute Gasteiger partial charge is 0.338 e. The lowest BCUT2D eigenvalue weighted by Gasteiger charge is -2.25. The van der Waals surface area contributed by atoms with Crippen molar-refractivity contribution in [1.82, 2.24) is 4.57 Å². The highest BCUT2D eigenvalue weighted by Crippen LogP contribution is 2.31. The fourth-order valence-electron chi connectivity index (χ4n) is 3.79. The molecule has 3 aromatic rings. The molecule has 6 nitrogen and oxygen atoms in total. The number of methoxy groups -OCH3 is 1. The van der Waals surface area contributed by atoms with Gasteiger partial charge in [0.25, 0.3) is 5.56 Å². The Morgan fingerprint density at radius 2 is 1.82 bits per heavy atom. The van der Waals surface area contributed by atoms with Crippen molar-refractivity contribution >= 4 is 29.5 Å². The maximum Gasteiger partial charge on any atom is 0.338 e. The van der Waals surface area contributed by atoms with Crippen molar-refractivity contribution in [1.29, 1.82) is 0 Å². The van der Waals surface area contributed by atoms with Crippen LogP contribution in [0.5, 0.6) is 5.75 Å². The lowest BCUT2D eigenvalue weighted by Crippen LogP contribution is -2.40. The van der Waals surface area contributed by atoms with Gasteiger partial charge in [-0.1, -0.05) is 66.0 Å². The maximum atomic E-state index is 13.5. The summed E-state index contributed by atoms with van der Waals surface area (Å²) in [5.41, 5.74) is 2.51. The third-order valence-electron chi connectivity index (χ3n) is 5.35. The summed E-state index contributed by atoms with van der Waals surface area (Å²) in [6.07, 6.45) is 5.28. The minimum Gasteiger partial charge on any atom is -0.497 e. The van der Waals surface area contributed by atoms with E-state index in [1.807, 2.05) is 66.7 Å². The highest BCUT2D eigenvalue weighted by Gasteiger charge is 2.33. The molecule has 0 bridgehead atoms. The van der Waals surface area contributed by atoms with Crippen LogP contribution in [0.2, 0.25) is 0 Å². The van der Waals surface area contributed by atoms with E-state index in [1.165, 1.54) is 11.3 Å². The van der Waals surface area contributed by atoms with Gasteiger partial charge in [-0.15, -0.1) is 0 Å². The molecule has 0 amide bonds. The number of carbonyl (C=O) groups is 1. The lowest BCUT2D eigenvalue weighted by atomic mass is 9.96. The van der Waals surface area contributed by atoms with Gasteiger partial charge < -0.3 is 9.47 Å². The van der Waals surface area contributed by atoms with Crippen molar-refractivity contribution in [2.75, 3.05) is 7.11 Å². The van der Waals surface area contributed by atoms with Crippen LogP contribution in [0.1, 0.15) is 37.9 Å². The molecule has 1 aliphatic rings. The molecule has 2 heterocycles. The fourth-order valence-corrected chi connectivity index (χ4v) is 4.78. The number of rotatable bonds is 6. The van der Waals surface area contributed by atoms with E-state index in [0.717, 1.165) is 11.1 Å². The van der Waals surface area contributed by atoms with Crippen LogP contribution in [-0.2, 0) is 9.53 Å². The van der Waals surface area contributed by atoms with Crippen LogP contribution in [0.4, 0.5) is 0 Å². The molecule has 174 valence electrons. The molecule has 0 saturated heterocycles. The van der Waals surface area contributed by atoms with Crippen LogP contribution in [0.3, 0.4) is 0 Å². The molecule has 0 spiro atoms. The van der Waals surface area contributed by atoms with E-state index in [4.69, 9.17) is 9.47 Å². The summed E-state index contributed by atoms with van der Waals surface area (Å²) < 4.78 is 12.9. The van der Waals surface area contributed by atoms with E-state index in [1.54, 1.807) is 38.5 Å². The van der Waals surface area contributed by atoms with Gasteiger partial charge in [0.05, 0.1) is 35.1 Å². The van der Waals surface area contributed by atoms with E-state index in [0.29, 0.717) is 26.4 Å². The Labute approximate surface area is 201 Å².